The van der Waals surface area contributed by atoms with E-state index in [2.05, 4.69) is 10.3 Å². The molecule has 1 atom stereocenters. The molecule has 0 bridgehead atoms. The van der Waals surface area contributed by atoms with Crippen molar-refractivity contribution in [3.8, 4) is 0 Å². The first-order chi connectivity index (χ1) is 13.2. The molecular weight excluding hydrogens is 358 g/mol. The third-order valence-electron chi connectivity index (χ3n) is 5.75. The van der Waals surface area contributed by atoms with E-state index in [-0.39, 0.29) is 11.5 Å². The molecule has 1 aliphatic heterocycles. The lowest BCUT2D eigenvalue weighted by Crippen LogP contribution is -2.33. The molecule has 27 heavy (non-hydrogen) atoms. The molecule has 5 rings (SSSR count). The molecule has 0 fully saturated rings. The van der Waals surface area contributed by atoms with Gasteiger partial charge in [-0.2, -0.15) is 0 Å². The fraction of sp³-hybridized carbons (Fsp3) is 0.381. The number of carbonyl (C=O) groups excluding carboxylic acids is 1. The molecule has 3 aromatic rings. The van der Waals surface area contributed by atoms with Gasteiger partial charge in [-0.1, -0.05) is 24.6 Å². The van der Waals surface area contributed by atoms with Gasteiger partial charge in [0.25, 0.3) is 5.56 Å². The molecule has 1 aliphatic carbocycles. The Kier molecular flexibility index (Phi) is 4.08. The molecule has 6 heteroatoms. The van der Waals surface area contributed by atoms with E-state index in [1.54, 1.807) is 22.2 Å². The topological polar surface area (TPSA) is 64.0 Å². The molecule has 1 amide bonds. The molecule has 0 unspecified atom stereocenters. The van der Waals surface area contributed by atoms with Crippen molar-refractivity contribution in [1.82, 2.24) is 9.55 Å². The number of para-hydroxylation sites is 1. The monoisotopic (exact) mass is 379 g/mol. The fourth-order valence-corrected chi connectivity index (χ4v) is 5.54. The molecule has 0 saturated heterocycles. The second-order valence-corrected chi connectivity index (χ2v) is 8.49. The molecule has 138 valence electrons. The van der Waals surface area contributed by atoms with E-state index >= 15 is 0 Å². The maximum atomic E-state index is 13.4. The van der Waals surface area contributed by atoms with Gasteiger partial charge < -0.3 is 5.32 Å². The number of benzene rings is 1. The van der Waals surface area contributed by atoms with Gasteiger partial charge in [-0.25, -0.2) is 4.98 Å². The summed E-state index contributed by atoms with van der Waals surface area (Å²) >= 11 is 1.65. The summed E-state index contributed by atoms with van der Waals surface area (Å²) in [4.78, 5) is 32.9. The quantitative estimate of drug-likeness (QED) is 0.653. The number of hydrogen-bond acceptors (Lipinski definition) is 4. The van der Waals surface area contributed by atoms with Crippen LogP contribution in [0.25, 0.3) is 10.2 Å². The fourth-order valence-electron chi connectivity index (χ4n) is 4.32. The number of carbonyl (C=O) groups is 1. The van der Waals surface area contributed by atoms with Crippen molar-refractivity contribution >= 4 is 33.1 Å². The Morgan fingerprint density at radius 3 is 2.85 bits per heavy atom. The van der Waals surface area contributed by atoms with Crippen LogP contribution >= 0.6 is 11.3 Å². The second-order valence-electron chi connectivity index (χ2n) is 7.40. The lowest BCUT2D eigenvalue weighted by molar-refractivity contribution is -0.119. The highest BCUT2D eigenvalue weighted by atomic mass is 32.1. The van der Waals surface area contributed by atoms with Crippen molar-refractivity contribution in [2.45, 2.75) is 51.0 Å². The molecule has 3 heterocycles. The SMILES string of the molecule is O=C1Nc2ccccc2CC[C@H]1n1cnc2sc3c(c2c1=O)CCCCC3. The highest BCUT2D eigenvalue weighted by molar-refractivity contribution is 7.18. The predicted octanol–water partition coefficient (Wildman–Crippen LogP) is 3.85. The first kappa shape index (κ1) is 16.7. The van der Waals surface area contributed by atoms with Gasteiger partial charge in [0.05, 0.1) is 11.7 Å². The third kappa shape index (κ3) is 2.79. The number of thiophene rings is 1. The number of aryl methyl sites for hydroxylation is 3. The Balaban J connectivity index is 1.59. The molecule has 1 aromatic carbocycles. The molecule has 0 radical (unpaired) electrons. The highest BCUT2D eigenvalue weighted by Crippen LogP contribution is 2.33. The van der Waals surface area contributed by atoms with E-state index in [9.17, 15) is 9.59 Å². The minimum atomic E-state index is -0.525. The van der Waals surface area contributed by atoms with Gasteiger partial charge in [-0.15, -0.1) is 11.3 Å². The predicted molar refractivity (Wildman–Crippen MR) is 108 cm³/mol. The van der Waals surface area contributed by atoms with E-state index in [0.29, 0.717) is 6.42 Å². The first-order valence-corrected chi connectivity index (χ1v) is 10.4. The standard InChI is InChI=1S/C21H21N3O2S/c25-19-16(11-10-13-6-4-5-8-15(13)23-19)24-12-22-20-18(21(24)26)14-7-2-1-3-9-17(14)27-20/h4-6,8,12,16H,1-3,7,9-11H2,(H,23,25)/t16-/m1/s1. The Bertz CT molecular complexity index is 1100. The number of amides is 1. The minimum Gasteiger partial charge on any atom is -0.324 e. The summed E-state index contributed by atoms with van der Waals surface area (Å²) in [5.74, 6) is -0.135. The number of nitrogens with zero attached hydrogens (tertiary/aromatic N) is 2. The largest absolute Gasteiger partial charge is 0.324 e. The van der Waals surface area contributed by atoms with Crippen LogP contribution in [0.15, 0.2) is 35.4 Å². The average Bonchev–Trinajstić information content (AvgIpc) is 2.80. The lowest BCUT2D eigenvalue weighted by Gasteiger charge is -2.16. The molecular formula is C21H21N3O2S. The Hall–Kier alpha value is -2.47. The smallest absolute Gasteiger partial charge is 0.263 e. The maximum absolute atomic E-state index is 13.4. The van der Waals surface area contributed by atoms with E-state index in [0.717, 1.165) is 47.2 Å². The lowest BCUT2D eigenvalue weighted by atomic mass is 10.1. The zero-order valence-electron chi connectivity index (χ0n) is 15.0. The molecule has 0 saturated carbocycles. The van der Waals surface area contributed by atoms with Gasteiger partial charge in [0, 0.05) is 10.6 Å². The van der Waals surface area contributed by atoms with Crippen molar-refractivity contribution in [3.63, 3.8) is 0 Å². The maximum Gasteiger partial charge on any atom is 0.263 e. The van der Waals surface area contributed by atoms with Crippen molar-refractivity contribution in [2.24, 2.45) is 0 Å². The Morgan fingerprint density at radius 2 is 1.93 bits per heavy atom. The molecule has 2 aliphatic rings. The molecule has 0 spiro atoms. The summed E-state index contributed by atoms with van der Waals surface area (Å²) in [6, 6.07) is 7.31. The van der Waals surface area contributed by atoms with Crippen LogP contribution in [0, 0.1) is 0 Å². The van der Waals surface area contributed by atoms with Crippen LogP contribution in [-0.2, 0) is 24.1 Å². The van der Waals surface area contributed by atoms with Gasteiger partial charge in [-0.3, -0.25) is 14.2 Å². The number of hydrogen-bond donors (Lipinski definition) is 1. The van der Waals surface area contributed by atoms with E-state index < -0.39 is 6.04 Å². The summed E-state index contributed by atoms with van der Waals surface area (Å²) in [7, 11) is 0. The Labute approximate surface area is 161 Å². The van der Waals surface area contributed by atoms with E-state index in [1.807, 2.05) is 24.3 Å². The highest BCUT2D eigenvalue weighted by Gasteiger charge is 2.28. The van der Waals surface area contributed by atoms with E-state index in [4.69, 9.17) is 0 Å². The van der Waals surface area contributed by atoms with Gasteiger partial charge >= 0.3 is 0 Å². The normalized spacial score (nSPS) is 19.7. The van der Waals surface area contributed by atoms with E-state index in [1.165, 1.54) is 23.3 Å². The number of nitrogens with one attached hydrogen (secondary N) is 1. The van der Waals surface area contributed by atoms with Crippen LogP contribution < -0.4 is 10.9 Å². The number of rotatable bonds is 1. The third-order valence-corrected chi connectivity index (χ3v) is 6.95. The Morgan fingerprint density at radius 1 is 1.07 bits per heavy atom. The average molecular weight is 379 g/mol. The van der Waals surface area contributed by atoms with Crippen LogP contribution in [0.3, 0.4) is 0 Å². The number of aromatic nitrogens is 2. The molecule has 5 nitrogen and oxygen atoms in total. The minimum absolute atomic E-state index is 0.0643. The zero-order valence-corrected chi connectivity index (χ0v) is 15.8. The van der Waals surface area contributed by atoms with Crippen molar-refractivity contribution in [3.05, 3.63) is 57.0 Å². The summed E-state index contributed by atoms with van der Waals surface area (Å²) in [5.41, 5.74) is 3.07. The van der Waals surface area contributed by atoms with Crippen LogP contribution in [-0.4, -0.2) is 15.5 Å². The van der Waals surface area contributed by atoms with Gasteiger partial charge in [0.15, 0.2) is 0 Å². The molecule has 1 N–H and O–H groups in total. The molecule has 2 aromatic heterocycles. The summed E-state index contributed by atoms with van der Waals surface area (Å²) in [5, 5.41) is 3.73. The van der Waals surface area contributed by atoms with Crippen LogP contribution in [0.5, 0.6) is 0 Å². The summed E-state index contributed by atoms with van der Waals surface area (Å²) < 4.78 is 1.56. The van der Waals surface area contributed by atoms with Gasteiger partial charge in [0.1, 0.15) is 10.9 Å². The number of anilines is 1. The van der Waals surface area contributed by atoms with Crippen LogP contribution in [0.1, 0.15) is 47.7 Å². The number of fused-ring (bicyclic) bond motifs is 4. The zero-order chi connectivity index (χ0) is 18.4. The first-order valence-electron chi connectivity index (χ1n) is 9.62. The van der Waals surface area contributed by atoms with Gasteiger partial charge in [-0.05, 0) is 55.7 Å². The van der Waals surface area contributed by atoms with Crippen molar-refractivity contribution in [1.29, 1.82) is 0 Å². The second kappa shape index (κ2) is 6.60. The summed E-state index contributed by atoms with van der Waals surface area (Å²) in [6.07, 6.45) is 8.41. The van der Waals surface area contributed by atoms with Crippen LogP contribution in [0.4, 0.5) is 5.69 Å². The van der Waals surface area contributed by atoms with Gasteiger partial charge in [0.2, 0.25) is 5.91 Å². The van der Waals surface area contributed by atoms with Crippen LogP contribution in [0.2, 0.25) is 0 Å². The van der Waals surface area contributed by atoms with Crippen molar-refractivity contribution in [2.75, 3.05) is 5.32 Å². The van der Waals surface area contributed by atoms with Crippen molar-refractivity contribution < 1.29 is 4.79 Å². The summed E-state index contributed by atoms with van der Waals surface area (Å²) in [6.45, 7) is 0.